The van der Waals surface area contributed by atoms with Crippen LogP contribution in [0.2, 0.25) is 0 Å². The maximum Gasteiger partial charge on any atom is 0.0915 e. The maximum atomic E-state index is 9.67. The van der Waals surface area contributed by atoms with Crippen molar-refractivity contribution in [1.29, 1.82) is 10.5 Å². The largest absolute Gasteiger partial charge is 0.394 e. The molecule has 0 saturated heterocycles. The molecule has 6 heteroatoms. The summed E-state index contributed by atoms with van der Waals surface area (Å²) >= 11 is 0. The summed E-state index contributed by atoms with van der Waals surface area (Å²) in [5.41, 5.74) is 10.4. The normalized spacial score (nSPS) is 18.4. The molecule has 0 saturated carbocycles. The number of nitriles is 2. The minimum absolute atomic E-state index is 0.216. The van der Waals surface area contributed by atoms with Crippen molar-refractivity contribution in [3.05, 3.63) is 74.8 Å². The zero-order valence-corrected chi connectivity index (χ0v) is 21.2. The van der Waals surface area contributed by atoms with Gasteiger partial charge in [-0.05, 0) is 95.5 Å². The number of hydrogen-bond acceptors (Lipinski definition) is 6. The van der Waals surface area contributed by atoms with Crippen LogP contribution in [-0.2, 0) is 25.7 Å². The SMILES string of the molecule is Cc1ccc2c(c1CC(O)CO)/C(=C/C#N)CC2.Cc1ccc2c(c1CC(O)CO)C(CC#N)CC2. The summed E-state index contributed by atoms with van der Waals surface area (Å²) < 4.78 is 0. The lowest BCUT2D eigenvalue weighted by Gasteiger charge is -2.18. The number of aliphatic hydroxyl groups excluding tert-OH is 4. The quantitative estimate of drug-likeness (QED) is 0.441. The van der Waals surface area contributed by atoms with E-state index in [9.17, 15) is 10.2 Å². The molecule has 2 aliphatic rings. The molecule has 36 heavy (non-hydrogen) atoms. The molecule has 2 aromatic rings. The van der Waals surface area contributed by atoms with E-state index in [1.807, 2.05) is 19.9 Å². The van der Waals surface area contributed by atoms with E-state index in [2.05, 4.69) is 30.3 Å². The Bertz CT molecular complexity index is 1190. The van der Waals surface area contributed by atoms with Gasteiger partial charge in [0.15, 0.2) is 0 Å². The van der Waals surface area contributed by atoms with Gasteiger partial charge in [0.25, 0.3) is 0 Å². The number of fused-ring (bicyclic) bond motifs is 2. The molecule has 4 N–H and O–H groups in total. The van der Waals surface area contributed by atoms with E-state index >= 15 is 0 Å². The van der Waals surface area contributed by atoms with Crippen LogP contribution in [-0.4, -0.2) is 45.8 Å². The van der Waals surface area contributed by atoms with Gasteiger partial charge in [-0.25, -0.2) is 0 Å². The molecule has 2 aromatic carbocycles. The smallest absolute Gasteiger partial charge is 0.0915 e. The first-order valence-corrected chi connectivity index (χ1v) is 12.6. The molecule has 0 aliphatic heterocycles. The van der Waals surface area contributed by atoms with Crippen molar-refractivity contribution in [3.8, 4) is 12.1 Å². The highest BCUT2D eigenvalue weighted by Gasteiger charge is 2.27. The number of aliphatic hydroxyl groups is 4. The van der Waals surface area contributed by atoms with E-state index in [0.717, 1.165) is 59.1 Å². The molecule has 3 atom stereocenters. The molecular weight excluding hydrogens is 452 g/mol. The Hall–Kier alpha value is -3.00. The summed E-state index contributed by atoms with van der Waals surface area (Å²) in [5, 5.41) is 55.0. The fourth-order valence-corrected chi connectivity index (χ4v) is 5.50. The Balaban J connectivity index is 0.000000201. The minimum atomic E-state index is -0.737. The molecular formula is C30H36N2O4. The molecule has 3 unspecified atom stereocenters. The van der Waals surface area contributed by atoms with Crippen LogP contribution in [0.15, 0.2) is 30.3 Å². The Labute approximate surface area is 213 Å². The first-order chi connectivity index (χ1) is 17.3. The molecule has 0 aromatic heterocycles. The minimum Gasteiger partial charge on any atom is -0.394 e. The van der Waals surface area contributed by atoms with Gasteiger partial charge in [-0.1, -0.05) is 24.3 Å². The topological polar surface area (TPSA) is 128 Å². The van der Waals surface area contributed by atoms with Gasteiger partial charge in [-0.15, -0.1) is 0 Å². The standard InChI is InChI=1S/C15H19NO2.C15H17NO2/c2*1-10-2-3-11-4-5-12(6-7-16)15(11)14(10)8-13(18)9-17/h2-3,12-13,17-18H,4-6,8-9H2,1H3;2-3,6,13,17-18H,4-5,8-9H2,1H3/b;12-6+. The lowest BCUT2D eigenvalue weighted by atomic mass is 9.88. The predicted molar refractivity (Wildman–Crippen MR) is 139 cm³/mol. The van der Waals surface area contributed by atoms with E-state index in [-0.39, 0.29) is 13.2 Å². The van der Waals surface area contributed by atoms with Crippen molar-refractivity contribution in [2.45, 2.75) is 76.9 Å². The number of aryl methyl sites for hydroxylation is 4. The van der Waals surface area contributed by atoms with E-state index < -0.39 is 12.2 Å². The Morgan fingerprint density at radius 3 is 2.11 bits per heavy atom. The van der Waals surface area contributed by atoms with Gasteiger partial charge in [0.2, 0.25) is 0 Å². The zero-order valence-electron chi connectivity index (χ0n) is 21.2. The summed E-state index contributed by atoms with van der Waals surface area (Å²) in [7, 11) is 0. The van der Waals surface area contributed by atoms with Gasteiger partial charge in [0.1, 0.15) is 0 Å². The van der Waals surface area contributed by atoms with Crippen LogP contribution in [0.3, 0.4) is 0 Å². The van der Waals surface area contributed by atoms with Crippen molar-refractivity contribution in [2.24, 2.45) is 0 Å². The second-order valence-corrected chi connectivity index (χ2v) is 9.81. The van der Waals surface area contributed by atoms with Gasteiger partial charge >= 0.3 is 0 Å². The molecule has 6 nitrogen and oxygen atoms in total. The fraction of sp³-hybridized carbons (Fsp3) is 0.467. The number of benzene rings is 2. The van der Waals surface area contributed by atoms with Gasteiger partial charge in [0, 0.05) is 25.3 Å². The Morgan fingerprint density at radius 2 is 1.50 bits per heavy atom. The molecule has 4 rings (SSSR count). The lowest BCUT2D eigenvalue weighted by Crippen LogP contribution is -2.17. The second kappa shape index (κ2) is 12.8. The fourth-order valence-electron chi connectivity index (χ4n) is 5.50. The molecule has 190 valence electrons. The summed E-state index contributed by atoms with van der Waals surface area (Å²) in [6.45, 7) is 3.58. The van der Waals surface area contributed by atoms with Crippen LogP contribution >= 0.6 is 0 Å². The lowest BCUT2D eigenvalue weighted by molar-refractivity contribution is 0.0951. The summed E-state index contributed by atoms with van der Waals surface area (Å²) in [5.74, 6) is 0.297. The third kappa shape index (κ3) is 6.22. The van der Waals surface area contributed by atoms with E-state index in [1.54, 1.807) is 6.08 Å². The predicted octanol–water partition coefficient (Wildman–Crippen LogP) is 3.58. The number of nitrogens with zero attached hydrogens (tertiary/aromatic N) is 2. The zero-order chi connectivity index (χ0) is 26.2. The third-order valence-corrected chi connectivity index (χ3v) is 7.35. The number of hydrogen-bond donors (Lipinski definition) is 4. The summed E-state index contributed by atoms with van der Waals surface area (Å²) in [6.07, 6.45) is 5.48. The number of rotatable bonds is 7. The van der Waals surface area contributed by atoms with Crippen molar-refractivity contribution in [3.63, 3.8) is 0 Å². The highest BCUT2D eigenvalue weighted by molar-refractivity contribution is 5.77. The number of allylic oxidation sites excluding steroid dienone is 2. The highest BCUT2D eigenvalue weighted by Crippen LogP contribution is 2.39. The molecule has 0 radical (unpaired) electrons. The van der Waals surface area contributed by atoms with E-state index in [0.29, 0.717) is 25.2 Å². The van der Waals surface area contributed by atoms with Gasteiger partial charge in [0.05, 0.1) is 37.6 Å². The first-order valence-electron chi connectivity index (χ1n) is 12.6. The Kier molecular flexibility index (Phi) is 9.81. The molecule has 2 aliphatic carbocycles. The van der Waals surface area contributed by atoms with Crippen LogP contribution in [0, 0.1) is 36.5 Å². The van der Waals surface area contributed by atoms with Gasteiger partial charge in [-0.2, -0.15) is 10.5 Å². The Morgan fingerprint density at radius 1 is 0.889 bits per heavy atom. The van der Waals surface area contributed by atoms with E-state index in [4.69, 9.17) is 20.7 Å². The van der Waals surface area contributed by atoms with Crippen LogP contribution in [0.25, 0.3) is 5.57 Å². The summed E-state index contributed by atoms with van der Waals surface area (Å²) in [6, 6.07) is 12.7. The average Bonchev–Trinajstić information content (AvgIpc) is 3.47. The van der Waals surface area contributed by atoms with Crippen molar-refractivity contribution >= 4 is 5.57 Å². The first kappa shape index (κ1) is 27.6. The maximum absolute atomic E-state index is 9.67. The molecule has 0 bridgehead atoms. The third-order valence-electron chi connectivity index (χ3n) is 7.35. The highest BCUT2D eigenvalue weighted by atomic mass is 16.3. The molecule has 0 fully saturated rings. The molecule has 0 amide bonds. The second-order valence-electron chi connectivity index (χ2n) is 9.81. The molecule has 0 spiro atoms. The summed E-state index contributed by atoms with van der Waals surface area (Å²) in [4.78, 5) is 0. The van der Waals surface area contributed by atoms with Crippen molar-refractivity contribution in [2.75, 3.05) is 13.2 Å². The van der Waals surface area contributed by atoms with Crippen LogP contribution in [0.4, 0.5) is 0 Å². The van der Waals surface area contributed by atoms with Crippen LogP contribution in [0.1, 0.15) is 69.7 Å². The molecule has 0 heterocycles. The van der Waals surface area contributed by atoms with Crippen LogP contribution in [0.5, 0.6) is 0 Å². The van der Waals surface area contributed by atoms with Gasteiger partial charge in [-0.3, -0.25) is 0 Å². The van der Waals surface area contributed by atoms with Crippen LogP contribution < -0.4 is 0 Å². The monoisotopic (exact) mass is 488 g/mol. The van der Waals surface area contributed by atoms with Gasteiger partial charge < -0.3 is 20.4 Å². The van der Waals surface area contributed by atoms with E-state index in [1.165, 1.54) is 16.7 Å². The van der Waals surface area contributed by atoms with Crippen molar-refractivity contribution < 1.29 is 20.4 Å². The average molecular weight is 489 g/mol. The van der Waals surface area contributed by atoms with Crippen molar-refractivity contribution in [1.82, 2.24) is 0 Å².